The molecule has 1 aliphatic carbocycles. The Bertz CT molecular complexity index is 185. The van der Waals surface area contributed by atoms with Gasteiger partial charge in [-0.1, -0.05) is 39.5 Å². The number of rotatable bonds is 7. The van der Waals surface area contributed by atoms with E-state index in [4.69, 9.17) is 5.11 Å². The zero-order valence-electron chi connectivity index (χ0n) is 11.3. The molecule has 1 fully saturated rings. The molecule has 0 aromatic heterocycles. The molecule has 0 spiro atoms. The lowest BCUT2D eigenvalue weighted by atomic mass is 9.94. The minimum absolute atomic E-state index is 0.0155. The van der Waals surface area contributed by atoms with Crippen LogP contribution in [0, 0.1) is 11.3 Å². The zero-order chi connectivity index (χ0) is 12.0. The van der Waals surface area contributed by atoms with Crippen LogP contribution >= 0.6 is 0 Å². The predicted octanol–water partition coefficient (Wildman–Crippen LogP) is 2.95. The molecule has 0 aromatic rings. The molecule has 1 unspecified atom stereocenters. The second kappa shape index (κ2) is 6.61. The Morgan fingerprint density at radius 3 is 2.50 bits per heavy atom. The second-order valence-electron chi connectivity index (χ2n) is 6.33. The minimum atomic E-state index is 0.0155. The lowest BCUT2D eigenvalue weighted by Crippen LogP contribution is -2.37. The van der Waals surface area contributed by atoms with Gasteiger partial charge in [-0.15, -0.1) is 0 Å². The molecule has 0 heterocycles. The van der Waals surface area contributed by atoms with Crippen LogP contribution in [-0.2, 0) is 0 Å². The summed E-state index contributed by atoms with van der Waals surface area (Å²) in [6.07, 6.45) is 8.47. The summed E-state index contributed by atoms with van der Waals surface area (Å²) in [6.45, 7) is 7.64. The molecule has 0 aliphatic heterocycles. The van der Waals surface area contributed by atoms with Crippen LogP contribution in [0.15, 0.2) is 0 Å². The second-order valence-corrected chi connectivity index (χ2v) is 6.33. The maximum Gasteiger partial charge on any atom is 0.0494 e. The van der Waals surface area contributed by atoms with Crippen LogP contribution < -0.4 is 5.32 Å². The first-order valence-electron chi connectivity index (χ1n) is 6.88. The van der Waals surface area contributed by atoms with Gasteiger partial charge in [-0.2, -0.15) is 0 Å². The van der Waals surface area contributed by atoms with E-state index in [-0.39, 0.29) is 12.0 Å². The third-order valence-corrected chi connectivity index (χ3v) is 3.84. The predicted molar refractivity (Wildman–Crippen MR) is 69.5 cm³/mol. The van der Waals surface area contributed by atoms with E-state index >= 15 is 0 Å². The van der Waals surface area contributed by atoms with Crippen molar-refractivity contribution >= 4 is 0 Å². The van der Waals surface area contributed by atoms with Gasteiger partial charge in [0.2, 0.25) is 0 Å². The highest BCUT2D eigenvalue weighted by Gasteiger charge is 2.19. The highest BCUT2D eigenvalue weighted by molar-refractivity contribution is 4.74. The number of aliphatic hydroxyl groups is 1. The molecular weight excluding hydrogens is 198 g/mol. The highest BCUT2D eigenvalue weighted by atomic mass is 16.3. The van der Waals surface area contributed by atoms with Gasteiger partial charge in [-0.05, 0) is 25.7 Å². The summed E-state index contributed by atoms with van der Waals surface area (Å²) < 4.78 is 0. The Morgan fingerprint density at radius 2 is 1.94 bits per heavy atom. The topological polar surface area (TPSA) is 32.3 Å². The van der Waals surface area contributed by atoms with Gasteiger partial charge in [0.1, 0.15) is 0 Å². The van der Waals surface area contributed by atoms with Crippen molar-refractivity contribution in [1.82, 2.24) is 5.32 Å². The molecule has 0 bridgehead atoms. The molecule has 96 valence electrons. The SMILES string of the molecule is CC(CCC1CCCC1)NCC(C)(C)CO. The van der Waals surface area contributed by atoms with Gasteiger partial charge in [0.05, 0.1) is 0 Å². The van der Waals surface area contributed by atoms with Crippen LogP contribution in [0.2, 0.25) is 0 Å². The largest absolute Gasteiger partial charge is 0.396 e. The molecule has 1 aliphatic rings. The maximum atomic E-state index is 9.17. The van der Waals surface area contributed by atoms with E-state index in [1.54, 1.807) is 0 Å². The summed E-state index contributed by atoms with van der Waals surface area (Å²) >= 11 is 0. The van der Waals surface area contributed by atoms with E-state index < -0.39 is 0 Å². The van der Waals surface area contributed by atoms with Gasteiger partial charge in [0.15, 0.2) is 0 Å². The van der Waals surface area contributed by atoms with Crippen LogP contribution in [0.25, 0.3) is 0 Å². The average Bonchev–Trinajstić information content (AvgIpc) is 2.76. The molecule has 0 radical (unpaired) electrons. The maximum absolute atomic E-state index is 9.17. The Labute approximate surface area is 101 Å². The van der Waals surface area contributed by atoms with E-state index in [0.29, 0.717) is 6.04 Å². The zero-order valence-corrected chi connectivity index (χ0v) is 11.3. The molecule has 0 saturated heterocycles. The van der Waals surface area contributed by atoms with Crippen molar-refractivity contribution in [3.63, 3.8) is 0 Å². The number of aliphatic hydroxyl groups excluding tert-OH is 1. The lowest BCUT2D eigenvalue weighted by Gasteiger charge is -2.25. The smallest absolute Gasteiger partial charge is 0.0494 e. The van der Waals surface area contributed by atoms with Crippen LogP contribution in [0.3, 0.4) is 0 Å². The minimum Gasteiger partial charge on any atom is -0.396 e. The van der Waals surface area contributed by atoms with E-state index in [9.17, 15) is 0 Å². The first-order chi connectivity index (χ1) is 7.53. The number of hydrogen-bond donors (Lipinski definition) is 2. The first kappa shape index (κ1) is 14.0. The number of nitrogens with one attached hydrogen (secondary N) is 1. The monoisotopic (exact) mass is 227 g/mol. The Balaban J connectivity index is 2.08. The van der Waals surface area contributed by atoms with Crippen LogP contribution in [0.4, 0.5) is 0 Å². The van der Waals surface area contributed by atoms with Crippen molar-refractivity contribution in [2.24, 2.45) is 11.3 Å². The van der Waals surface area contributed by atoms with Crippen molar-refractivity contribution in [2.75, 3.05) is 13.2 Å². The molecule has 2 heteroatoms. The van der Waals surface area contributed by atoms with Gasteiger partial charge in [0, 0.05) is 24.6 Å². The summed E-state index contributed by atoms with van der Waals surface area (Å²) in [5.74, 6) is 0.995. The molecular formula is C14H29NO. The van der Waals surface area contributed by atoms with Crippen molar-refractivity contribution < 1.29 is 5.11 Å². The Hall–Kier alpha value is -0.0800. The fourth-order valence-corrected chi connectivity index (χ4v) is 2.39. The van der Waals surface area contributed by atoms with Crippen molar-refractivity contribution in [1.29, 1.82) is 0 Å². The van der Waals surface area contributed by atoms with Crippen LogP contribution in [0.1, 0.15) is 59.3 Å². The van der Waals surface area contributed by atoms with Crippen molar-refractivity contribution in [3.8, 4) is 0 Å². The summed E-state index contributed by atoms with van der Waals surface area (Å²) in [5, 5.41) is 12.7. The Morgan fingerprint density at radius 1 is 1.31 bits per heavy atom. The summed E-state index contributed by atoms with van der Waals surface area (Å²) in [7, 11) is 0. The van der Waals surface area contributed by atoms with Gasteiger partial charge in [-0.3, -0.25) is 0 Å². The molecule has 0 aromatic carbocycles. The molecule has 2 N–H and O–H groups in total. The van der Waals surface area contributed by atoms with Crippen LogP contribution in [-0.4, -0.2) is 24.3 Å². The standard InChI is InChI=1S/C14H29NO/c1-12(15-10-14(2,3)11-16)8-9-13-6-4-5-7-13/h12-13,15-16H,4-11H2,1-3H3. The Kier molecular flexibility index (Phi) is 5.77. The van der Waals surface area contributed by atoms with Crippen molar-refractivity contribution in [3.05, 3.63) is 0 Å². The first-order valence-corrected chi connectivity index (χ1v) is 6.88. The summed E-state index contributed by atoms with van der Waals surface area (Å²) in [5.41, 5.74) is 0.0155. The highest BCUT2D eigenvalue weighted by Crippen LogP contribution is 2.28. The fourth-order valence-electron chi connectivity index (χ4n) is 2.39. The van der Waals surface area contributed by atoms with Gasteiger partial charge in [0.25, 0.3) is 0 Å². The molecule has 0 amide bonds. The molecule has 1 saturated carbocycles. The molecule has 16 heavy (non-hydrogen) atoms. The fraction of sp³-hybridized carbons (Fsp3) is 1.00. The molecule has 1 atom stereocenters. The van der Waals surface area contributed by atoms with Crippen LogP contribution in [0.5, 0.6) is 0 Å². The van der Waals surface area contributed by atoms with Crippen molar-refractivity contribution in [2.45, 2.75) is 65.3 Å². The van der Waals surface area contributed by atoms with E-state index in [0.717, 1.165) is 12.5 Å². The quantitative estimate of drug-likeness (QED) is 0.701. The lowest BCUT2D eigenvalue weighted by molar-refractivity contribution is 0.153. The third-order valence-electron chi connectivity index (χ3n) is 3.84. The average molecular weight is 227 g/mol. The summed E-state index contributed by atoms with van der Waals surface area (Å²) in [6, 6.07) is 0.589. The third kappa shape index (κ3) is 5.31. The van der Waals surface area contributed by atoms with Gasteiger partial charge in [-0.25, -0.2) is 0 Å². The van der Waals surface area contributed by atoms with Gasteiger partial charge < -0.3 is 10.4 Å². The number of hydrogen-bond acceptors (Lipinski definition) is 2. The molecule has 2 nitrogen and oxygen atoms in total. The normalized spacial score (nSPS) is 20.2. The van der Waals surface area contributed by atoms with Gasteiger partial charge >= 0.3 is 0 Å². The van der Waals surface area contributed by atoms with E-state index in [1.807, 2.05) is 0 Å². The van der Waals surface area contributed by atoms with E-state index in [1.165, 1.54) is 38.5 Å². The van der Waals surface area contributed by atoms with E-state index in [2.05, 4.69) is 26.1 Å². The molecule has 1 rings (SSSR count). The summed E-state index contributed by atoms with van der Waals surface area (Å²) in [4.78, 5) is 0.